The van der Waals surface area contributed by atoms with E-state index >= 15 is 0 Å². The molecule has 0 spiro atoms. The molecule has 2 N–H and O–H groups in total. The minimum Gasteiger partial charge on any atom is -0.490 e. The summed E-state index contributed by atoms with van der Waals surface area (Å²) >= 11 is 0. The Bertz CT molecular complexity index is 813. The van der Waals surface area contributed by atoms with Crippen LogP contribution < -0.4 is 20.1 Å². The van der Waals surface area contributed by atoms with Crippen molar-refractivity contribution in [3.63, 3.8) is 0 Å². The third-order valence-electron chi connectivity index (χ3n) is 3.82. The van der Waals surface area contributed by atoms with Gasteiger partial charge in [-0.1, -0.05) is 25.1 Å². The van der Waals surface area contributed by atoms with E-state index in [-0.39, 0.29) is 13.1 Å². The van der Waals surface area contributed by atoms with Crippen LogP contribution in [0.1, 0.15) is 32.3 Å². The van der Waals surface area contributed by atoms with Crippen molar-refractivity contribution in [3.05, 3.63) is 48.2 Å². The van der Waals surface area contributed by atoms with Gasteiger partial charge in [0.15, 0.2) is 17.5 Å². The second-order valence-corrected chi connectivity index (χ2v) is 6.35. The summed E-state index contributed by atoms with van der Waals surface area (Å²) in [7, 11) is 0. The highest BCUT2D eigenvalue weighted by molar-refractivity contribution is 5.79. The Kier molecular flexibility index (Phi) is 9.24. The molecule has 0 amide bonds. The maximum atomic E-state index is 12.4. The molecular weight excluding hydrogens is 397 g/mol. The fourth-order valence-electron chi connectivity index (χ4n) is 2.43. The molecule has 0 saturated heterocycles. The van der Waals surface area contributed by atoms with E-state index in [1.807, 2.05) is 32.0 Å². The van der Waals surface area contributed by atoms with Gasteiger partial charge in [0.25, 0.3) is 0 Å². The third kappa shape index (κ3) is 8.18. The molecule has 1 aromatic heterocycles. The van der Waals surface area contributed by atoms with Gasteiger partial charge in [-0.25, -0.2) is 9.98 Å². The average molecular weight is 424 g/mol. The number of aliphatic imine (C=N–C) groups is 1. The Labute approximate surface area is 174 Å². The molecule has 9 heteroatoms. The van der Waals surface area contributed by atoms with E-state index in [9.17, 15) is 13.2 Å². The number of pyridine rings is 1. The first-order valence-electron chi connectivity index (χ1n) is 9.85. The maximum Gasteiger partial charge on any atom is 0.390 e. The highest BCUT2D eigenvalue weighted by atomic mass is 19.4. The van der Waals surface area contributed by atoms with Crippen molar-refractivity contribution >= 4 is 5.96 Å². The first kappa shape index (κ1) is 23.3. The molecule has 0 atom stereocenters. The summed E-state index contributed by atoms with van der Waals surface area (Å²) in [6.07, 6.45) is -2.69. The number of para-hydroxylation sites is 2. The van der Waals surface area contributed by atoms with Crippen molar-refractivity contribution in [1.82, 2.24) is 15.6 Å². The van der Waals surface area contributed by atoms with Gasteiger partial charge < -0.3 is 20.1 Å². The number of guanidine groups is 1. The van der Waals surface area contributed by atoms with Crippen molar-refractivity contribution in [3.8, 4) is 17.4 Å². The highest BCUT2D eigenvalue weighted by Gasteiger charge is 2.26. The molecule has 164 valence electrons. The van der Waals surface area contributed by atoms with Crippen LogP contribution in [0.5, 0.6) is 17.4 Å². The Morgan fingerprint density at radius 2 is 1.83 bits per heavy atom. The standard InChI is InChI=1S/C21H27F3N4O2/c1-3-14-29-17-9-5-6-10-18(17)30-19-16(8-7-12-26-19)15-28-20(25-4-2)27-13-11-21(22,23)24/h5-10,12H,3-4,11,13-15H2,1-2H3,(H2,25,27,28). The van der Waals surface area contributed by atoms with Gasteiger partial charge in [0.2, 0.25) is 5.88 Å². The van der Waals surface area contributed by atoms with Crippen LogP contribution in [0.2, 0.25) is 0 Å². The largest absolute Gasteiger partial charge is 0.490 e. The minimum atomic E-state index is -4.22. The lowest BCUT2D eigenvalue weighted by Crippen LogP contribution is -2.38. The summed E-state index contributed by atoms with van der Waals surface area (Å²) < 4.78 is 48.8. The maximum absolute atomic E-state index is 12.4. The predicted molar refractivity (Wildman–Crippen MR) is 110 cm³/mol. The van der Waals surface area contributed by atoms with E-state index in [4.69, 9.17) is 9.47 Å². The molecule has 6 nitrogen and oxygen atoms in total. The van der Waals surface area contributed by atoms with Gasteiger partial charge >= 0.3 is 6.18 Å². The summed E-state index contributed by atoms with van der Waals surface area (Å²) in [5.74, 6) is 1.80. The second-order valence-electron chi connectivity index (χ2n) is 6.35. The van der Waals surface area contributed by atoms with Gasteiger partial charge in [0.1, 0.15) is 0 Å². The molecule has 0 bridgehead atoms. The third-order valence-corrected chi connectivity index (χ3v) is 3.82. The van der Waals surface area contributed by atoms with Crippen LogP contribution in [-0.2, 0) is 6.54 Å². The average Bonchev–Trinajstić information content (AvgIpc) is 2.71. The topological polar surface area (TPSA) is 67.8 Å². The van der Waals surface area contributed by atoms with Gasteiger partial charge in [0, 0.05) is 24.8 Å². The number of alkyl halides is 3. The summed E-state index contributed by atoms with van der Waals surface area (Å²) in [6, 6.07) is 10.9. The van der Waals surface area contributed by atoms with Crippen molar-refractivity contribution in [1.29, 1.82) is 0 Å². The molecule has 2 rings (SSSR count). The molecule has 2 aromatic rings. The molecule has 0 fully saturated rings. The molecular formula is C21H27F3N4O2. The Hall–Kier alpha value is -2.97. The summed E-state index contributed by atoms with van der Waals surface area (Å²) in [6.45, 7) is 4.87. The molecule has 0 radical (unpaired) electrons. The molecule has 0 unspecified atom stereocenters. The van der Waals surface area contributed by atoms with Crippen LogP contribution >= 0.6 is 0 Å². The Morgan fingerprint density at radius 1 is 1.07 bits per heavy atom. The lowest BCUT2D eigenvalue weighted by atomic mass is 10.2. The van der Waals surface area contributed by atoms with E-state index in [2.05, 4.69) is 20.6 Å². The molecule has 30 heavy (non-hydrogen) atoms. The minimum absolute atomic E-state index is 0.183. The number of nitrogens with one attached hydrogen (secondary N) is 2. The van der Waals surface area contributed by atoms with Crippen molar-refractivity contribution in [2.24, 2.45) is 4.99 Å². The molecule has 0 aliphatic carbocycles. The van der Waals surface area contributed by atoms with Gasteiger partial charge in [0.05, 0.1) is 19.6 Å². The zero-order valence-corrected chi connectivity index (χ0v) is 17.1. The smallest absolute Gasteiger partial charge is 0.390 e. The fraction of sp³-hybridized carbons (Fsp3) is 0.429. The van der Waals surface area contributed by atoms with E-state index < -0.39 is 12.6 Å². The van der Waals surface area contributed by atoms with E-state index in [0.29, 0.717) is 42.1 Å². The highest BCUT2D eigenvalue weighted by Crippen LogP contribution is 2.32. The zero-order chi connectivity index (χ0) is 21.8. The number of hydrogen-bond acceptors (Lipinski definition) is 4. The first-order chi connectivity index (χ1) is 14.4. The molecule has 1 heterocycles. The van der Waals surface area contributed by atoms with Crippen molar-refractivity contribution in [2.75, 3.05) is 19.7 Å². The van der Waals surface area contributed by atoms with Crippen LogP contribution in [-0.4, -0.2) is 36.8 Å². The molecule has 0 saturated carbocycles. The Morgan fingerprint density at radius 3 is 2.53 bits per heavy atom. The van der Waals surface area contributed by atoms with Crippen LogP contribution in [0.4, 0.5) is 13.2 Å². The second kappa shape index (κ2) is 11.9. The van der Waals surface area contributed by atoms with E-state index in [0.717, 1.165) is 6.42 Å². The molecule has 0 aliphatic rings. The zero-order valence-electron chi connectivity index (χ0n) is 17.1. The molecule has 0 aliphatic heterocycles. The van der Waals surface area contributed by atoms with Crippen LogP contribution in [0.25, 0.3) is 0 Å². The Balaban J connectivity index is 2.11. The number of halogens is 3. The lowest BCUT2D eigenvalue weighted by Gasteiger charge is -2.14. The normalized spacial score (nSPS) is 11.8. The van der Waals surface area contributed by atoms with Crippen LogP contribution in [0, 0.1) is 0 Å². The number of rotatable bonds is 10. The van der Waals surface area contributed by atoms with Crippen molar-refractivity contribution < 1.29 is 22.6 Å². The number of nitrogens with zero attached hydrogens (tertiary/aromatic N) is 2. The SMILES string of the molecule is CCCOc1ccccc1Oc1ncccc1CN=C(NCC)NCCC(F)(F)F. The summed E-state index contributed by atoms with van der Waals surface area (Å²) in [5, 5.41) is 5.62. The predicted octanol–water partition coefficient (Wildman–Crippen LogP) is 4.67. The van der Waals surface area contributed by atoms with E-state index in [1.165, 1.54) is 0 Å². The van der Waals surface area contributed by atoms with Gasteiger partial charge in [-0.2, -0.15) is 13.2 Å². The van der Waals surface area contributed by atoms with Gasteiger partial charge in [-0.15, -0.1) is 0 Å². The number of benzene rings is 1. The number of hydrogen-bond donors (Lipinski definition) is 2. The summed E-state index contributed by atoms with van der Waals surface area (Å²) in [5.41, 5.74) is 0.691. The van der Waals surface area contributed by atoms with E-state index in [1.54, 1.807) is 24.4 Å². The quantitative estimate of drug-likeness (QED) is 0.429. The van der Waals surface area contributed by atoms with Crippen LogP contribution in [0.3, 0.4) is 0 Å². The monoisotopic (exact) mass is 424 g/mol. The summed E-state index contributed by atoms with van der Waals surface area (Å²) in [4.78, 5) is 8.63. The number of aromatic nitrogens is 1. The van der Waals surface area contributed by atoms with Gasteiger partial charge in [-0.3, -0.25) is 0 Å². The van der Waals surface area contributed by atoms with Crippen molar-refractivity contribution in [2.45, 2.75) is 39.4 Å². The fourth-order valence-corrected chi connectivity index (χ4v) is 2.43. The number of ether oxygens (including phenoxy) is 2. The van der Waals surface area contributed by atoms with Crippen LogP contribution in [0.15, 0.2) is 47.6 Å². The first-order valence-corrected chi connectivity index (χ1v) is 9.85. The molecule has 1 aromatic carbocycles. The lowest BCUT2D eigenvalue weighted by molar-refractivity contribution is -0.132. The van der Waals surface area contributed by atoms with Gasteiger partial charge in [-0.05, 0) is 31.5 Å².